The number of nitrogens with zero attached hydrogens (tertiary/aromatic N) is 2. The monoisotopic (exact) mass is 270 g/mol. The number of carbonyl (C=O) groups excluding carboxylic acids is 1. The van der Waals surface area contributed by atoms with E-state index in [1.165, 1.54) is 29.2 Å². The van der Waals surface area contributed by atoms with Gasteiger partial charge in [0, 0.05) is 30.6 Å². The highest BCUT2D eigenvalue weighted by Crippen LogP contribution is 2.19. The molecular weight excluding hydrogens is 256 g/mol. The van der Waals surface area contributed by atoms with Gasteiger partial charge in [-0.2, -0.15) is 0 Å². The van der Waals surface area contributed by atoms with Gasteiger partial charge >= 0.3 is 0 Å². The lowest BCUT2D eigenvalue weighted by molar-refractivity contribution is -0.384. The van der Waals surface area contributed by atoms with Crippen molar-refractivity contribution in [1.82, 2.24) is 4.90 Å². The molecule has 0 radical (unpaired) electrons. The molecule has 1 rings (SSSR count). The number of carbonyl (C=O) groups is 1. The van der Waals surface area contributed by atoms with Crippen LogP contribution < -0.4 is 0 Å². The minimum absolute atomic E-state index is 0.0363. The lowest BCUT2D eigenvalue weighted by Crippen LogP contribution is -2.46. The normalized spacial score (nSPS) is 11.1. The van der Waals surface area contributed by atoms with E-state index in [0.717, 1.165) is 0 Å². The van der Waals surface area contributed by atoms with Gasteiger partial charge in [-0.1, -0.05) is 0 Å². The maximum Gasteiger partial charge on any atom is 0.269 e. The summed E-state index contributed by atoms with van der Waals surface area (Å²) in [6.45, 7) is 3.70. The molecule has 5 nitrogen and oxygen atoms in total. The number of hydrogen-bond donors (Lipinski definition) is 0. The van der Waals surface area contributed by atoms with Crippen LogP contribution in [0.15, 0.2) is 24.3 Å². The summed E-state index contributed by atoms with van der Waals surface area (Å²) in [6, 6.07) is 5.52. The van der Waals surface area contributed by atoms with Crippen LogP contribution in [0, 0.1) is 10.1 Å². The predicted octanol–water partition coefficient (Wildman–Crippen LogP) is 2.68. The quantitative estimate of drug-likeness (QED) is 0.480. The molecule has 1 amide bonds. The van der Waals surface area contributed by atoms with Crippen molar-refractivity contribution in [2.45, 2.75) is 19.4 Å². The van der Waals surface area contributed by atoms with Crippen LogP contribution in [0.1, 0.15) is 24.2 Å². The summed E-state index contributed by atoms with van der Waals surface area (Å²) >= 11 is 5.80. The Labute approximate surface area is 110 Å². The van der Waals surface area contributed by atoms with E-state index in [2.05, 4.69) is 0 Å². The first kappa shape index (κ1) is 14.4. The molecule has 0 fully saturated rings. The summed E-state index contributed by atoms with van der Waals surface area (Å²) in [6.07, 6.45) is 0. The van der Waals surface area contributed by atoms with Gasteiger partial charge in [0.15, 0.2) is 0 Å². The van der Waals surface area contributed by atoms with Gasteiger partial charge in [0.25, 0.3) is 11.6 Å². The van der Waals surface area contributed by atoms with E-state index in [9.17, 15) is 14.9 Å². The number of non-ortho nitro benzene ring substituents is 1. The molecule has 1 aromatic carbocycles. The molecule has 0 unspecified atom stereocenters. The lowest BCUT2D eigenvalue weighted by atomic mass is 10.0. The van der Waals surface area contributed by atoms with Crippen molar-refractivity contribution in [3.05, 3.63) is 39.9 Å². The smallest absolute Gasteiger partial charge is 0.269 e. The fourth-order valence-electron chi connectivity index (χ4n) is 1.28. The highest BCUT2D eigenvalue weighted by molar-refractivity contribution is 6.18. The van der Waals surface area contributed by atoms with Crippen molar-refractivity contribution in [3.63, 3.8) is 0 Å². The fraction of sp³-hybridized carbons (Fsp3) is 0.417. The molecule has 0 atom stereocenters. The topological polar surface area (TPSA) is 63.5 Å². The van der Waals surface area contributed by atoms with Gasteiger partial charge in [0.1, 0.15) is 0 Å². The Balaban J connectivity index is 2.94. The van der Waals surface area contributed by atoms with Crippen LogP contribution in [0.3, 0.4) is 0 Å². The van der Waals surface area contributed by atoms with E-state index < -0.39 is 10.5 Å². The van der Waals surface area contributed by atoms with Gasteiger partial charge in [-0.05, 0) is 26.0 Å². The third-order valence-electron chi connectivity index (χ3n) is 2.86. The summed E-state index contributed by atoms with van der Waals surface area (Å²) in [5.74, 6) is 0.0953. The first-order valence-corrected chi connectivity index (χ1v) is 5.91. The zero-order valence-corrected chi connectivity index (χ0v) is 11.3. The zero-order valence-electron chi connectivity index (χ0n) is 10.5. The molecule has 0 aliphatic rings. The molecule has 1 aromatic rings. The Kier molecular flexibility index (Phi) is 4.29. The SMILES string of the molecule is CN(C(=O)c1ccc([N+](=O)[O-])cc1)C(C)(C)CCl. The Morgan fingerprint density at radius 2 is 1.89 bits per heavy atom. The summed E-state index contributed by atoms with van der Waals surface area (Å²) in [5.41, 5.74) is -0.104. The second-order valence-electron chi connectivity index (χ2n) is 4.61. The van der Waals surface area contributed by atoms with Gasteiger partial charge in [-0.3, -0.25) is 14.9 Å². The highest BCUT2D eigenvalue weighted by Gasteiger charge is 2.27. The van der Waals surface area contributed by atoms with E-state index in [1.54, 1.807) is 7.05 Å². The van der Waals surface area contributed by atoms with E-state index >= 15 is 0 Å². The minimum Gasteiger partial charge on any atom is -0.335 e. The molecule has 0 aliphatic carbocycles. The highest BCUT2D eigenvalue weighted by atomic mass is 35.5. The van der Waals surface area contributed by atoms with Gasteiger partial charge in [-0.25, -0.2) is 0 Å². The zero-order chi connectivity index (χ0) is 13.9. The second kappa shape index (κ2) is 5.35. The first-order valence-electron chi connectivity index (χ1n) is 5.38. The van der Waals surface area contributed by atoms with Crippen LogP contribution in [0.5, 0.6) is 0 Å². The number of amides is 1. The Morgan fingerprint density at radius 1 is 1.39 bits per heavy atom. The second-order valence-corrected chi connectivity index (χ2v) is 4.88. The molecule has 0 saturated heterocycles. The average molecular weight is 271 g/mol. The number of nitro benzene ring substituents is 1. The van der Waals surface area contributed by atoms with Crippen LogP contribution >= 0.6 is 11.6 Å². The lowest BCUT2D eigenvalue weighted by Gasteiger charge is -2.33. The molecule has 6 heteroatoms. The van der Waals surface area contributed by atoms with Crippen molar-refractivity contribution in [3.8, 4) is 0 Å². The molecule has 0 spiro atoms. The van der Waals surface area contributed by atoms with E-state index in [-0.39, 0.29) is 11.6 Å². The maximum absolute atomic E-state index is 12.1. The Hall–Kier alpha value is -1.62. The van der Waals surface area contributed by atoms with Crippen molar-refractivity contribution >= 4 is 23.2 Å². The number of hydrogen-bond acceptors (Lipinski definition) is 3. The predicted molar refractivity (Wildman–Crippen MR) is 70.0 cm³/mol. The molecule has 0 aliphatic heterocycles. The summed E-state index contributed by atoms with van der Waals surface area (Å²) in [4.78, 5) is 23.7. The van der Waals surface area contributed by atoms with Gasteiger partial charge in [-0.15, -0.1) is 11.6 Å². The number of benzene rings is 1. The number of rotatable bonds is 4. The number of nitro groups is 1. The summed E-state index contributed by atoms with van der Waals surface area (Å²) in [7, 11) is 1.66. The van der Waals surface area contributed by atoms with E-state index in [0.29, 0.717) is 11.4 Å². The fourth-order valence-corrected chi connectivity index (χ4v) is 1.46. The molecule has 0 aromatic heterocycles. The van der Waals surface area contributed by atoms with Crippen LogP contribution in [0.25, 0.3) is 0 Å². The Bertz CT molecular complexity index is 457. The molecule has 18 heavy (non-hydrogen) atoms. The van der Waals surface area contributed by atoms with Crippen molar-refractivity contribution in [2.24, 2.45) is 0 Å². The molecular formula is C12H15ClN2O3. The van der Waals surface area contributed by atoms with E-state index in [4.69, 9.17) is 11.6 Å². The molecule has 0 saturated carbocycles. The van der Waals surface area contributed by atoms with Crippen LogP contribution in [-0.4, -0.2) is 34.2 Å². The average Bonchev–Trinajstić information content (AvgIpc) is 2.37. The number of halogens is 1. The first-order chi connectivity index (χ1) is 8.29. The third-order valence-corrected chi connectivity index (χ3v) is 3.52. The Morgan fingerprint density at radius 3 is 2.28 bits per heavy atom. The summed E-state index contributed by atoms with van der Waals surface area (Å²) in [5, 5.41) is 10.5. The van der Waals surface area contributed by atoms with Crippen LogP contribution in [0.4, 0.5) is 5.69 Å². The summed E-state index contributed by atoms with van der Waals surface area (Å²) < 4.78 is 0. The minimum atomic E-state index is -0.499. The van der Waals surface area contributed by atoms with Gasteiger partial charge in [0.2, 0.25) is 0 Å². The molecule has 98 valence electrons. The third kappa shape index (κ3) is 2.98. The molecule has 0 N–H and O–H groups in total. The molecule has 0 heterocycles. The van der Waals surface area contributed by atoms with Crippen molar-refractivity contribution < 1.29 is 9.72 Å². The van der Waals surface area contributed by atoms with Crippen LogP contribution in [0.2, 0.25) is 0 Å². The van der Waals surface area contributed by atoms with Crippen molar-refractivity contribution in [1.29, 1.82) is 0 Å². The van der Waals surface area contributed by atoms with Gasteiger partial charge in [0.05, 0.1) is 10.5 Å². The van der Waals surface area contributed by atoms with Crippen molar-refractivity contribution in [2.75, 3.05) is 12.9 Å². The number of alkyl halides is 1. The maximum atomic E-state index is 12.1. The van der Waals surface area contributed by atoms with Crippen LogP contribution in [-0.2, 0) is 0 Å². The molecule has 0 bridgehead atoms. The van der Waals surface area contributed by atoms with Gasteiger partial charge < -0.3 is 4.90 Å². The largest absolute Gasteiger partial charge is 0.335 e. The van der Waals surface area contributed by atoms with E-state index in [1.807, 2.05) is 13.8 Å². The standard InChI is InChI=1S/C12H15ClN2O3/c1-12(2,8-13)14(3)11(16)9-4-6-10(7-5-9)15(17)18/h4-7H,8H2,1-3H3.